The number of hydrogen-bond donors (Lipinski definition) is 2. The molecule has 0 saturated heterocycles. The third kappa shape index (κ3) is 2.23. The zero-order valence-electron chi connectivity index (χ0n) is 11.7. The van der Waals surface area contributed by atoms with E-state index in [1.807, 2.05) is 12.1 Å². The summed E-state index contributed by atoms with van der Waals surface area (Å²) >= 11 is 0. The molecule has 3 N–H and O–H groups in total. The average Bonchev–Trinajstić information content (AvgIpc) is 2.82. The Balaban J connectivity index is 2.70. The number of aromatic amines is 1. The number of nitrogen functional groups attached to an aromatic ring is 1. The van der Waals surface area contributed by atoms with Gasteiger partial charge in [0, 0.05) is 16.7 Å². The molecule has 0 aliphatic rings. The molecular formula is C14H19N3O2. The van der Waals surface area contributed by atoms with E-state index in [9.17, 15) is 0 Å². The van der Waals surface area contributed by atoms with Crippen LogP contribution in [-0.2, 0) is 0 Å². The van der Waals surface area contributed by atoms with Gasteiger partial charge in [-0.15, -0.1) is 0 Å². The van der Waals surface area contributed by atoms with E-state index in [1.165, 1.54) is 0 Å². The van der Waals surface area contributed by atoms with E-state index in [1.54, 1.807) is 20.4 Å². The van der Waals surface area contributed by atoms with Crippen LogP contribution in [0, 0.1) is 0 Å². The highest BCUT2D eigenvalue weighted by Gasteiger charge is 2.20. The maximum absolute atomic E-state index is 5.89. The van der Waals surface area contributed by atoms with Gasteiger partial charge in [-0.1, -0.05) is 13.8 Å². The highest BCUT2D eigenvalue weighted by Crippen LogP contribution is 2.43. The van der Waals surface area contributed by atoms with Crippen molar-refractivity contribution in [3.05, 3.63) is 23.9 Å². The number of nitrogens with two attached hydrogens (primary N) is 1. The minimum atomic E-state index is 0.276. The van der Waals surface area contributed by atoms with Crippen LogP contribution in [0.2, 0.25) is 0 Å². The molecule has 2 aromatic rings. The molecule has 1 heterocycles. The van der Waals surface area contributed by atoms with Crippen LogP contribution < -0.4 is 15.2 Å². The number of benzene rings is 1. The van der Waals surface area contributed by atoms with Crippen molar-refractivity contribution in [1.29, 1.82) is 0 Å². The number of aromatic nitrogens is 2. The van der Waals surface area contributed by atoms with Gasteiger partial charge in [0.2, 0.25) is 0 Å². The Morgan fingerprint density at radius 2 is 1.89 bits per heavy atom. The molecule has 0 unspecified atom stereocenters. The molecule has 0 amide bonds. The van der Waals surface area contributed by atoms with E-state index < -0.39 is 0 Å². The maximum Gasteiger partial charge on any atom is 0.134 e. The van der Waals surface area contributed by atoms with Gasteiger partial charge in [0.15, 0.2) is 0 Å². The molecule has 0 bridgehead atoms. The first-order valence-corrected chi connectivity index (χ1v) is 6.14. The third-order valence-corrected chi connectivity index (χ3v) is 3.12. The Hall–Kier alpha value is -2.17. The first kappa shape index (κ1) is 13.3. The van der Waals surface area contributed by atoms with E-state index in [0.29, 0.717) is 5.82 Å². The minimum absolute atomic E-state index is 0.276. The van der Waals surface area contributed by atoms with Gasteiger partial charge < -0.3 is 15.2 Å². The highest BCUT2D eigenvalue weighted by molar-refractivity contribution is 5.80. The number of nitrogens with zero attached hydrogens (tertiary/aromatic N) is 1. The van der Waals surface area contributed by atoms with E-state index in [4.69, 9.17) is 15.2 Å². The Labute approximate surface area is 112 Å². The number of methoxy groups -OCH3 is 2. The normalized spacial score (nSPS) is 10.8. The average molecular weight is 261 g/mol. The van der Waals surface area contributed by atoms with Crippen molar-refractivity contribution in [2.45, 2.75) is 19.8 Å². The molecule has 2 rings (SSSR count). The standard InChI is InChI=1S/C14H19N3O2/c1-8(2)12-11(18-3)6-5-9(13(12)19-4)10-7-16-17-14(10)15/h5-8H,1-4H3,(H3,15,16,17). The number of ether oxygens (including phenoxy) is 2. The highest BCUT2D eigenvalue weighted by atomic mass is 16.5. The third-order valence-electron chi connectivity index (χ3n) is 3.12. The fourth-order valence-electron chi connectivity index (χ4n) is 2.25. The van der Waals surface area contributed by atoms with Gasteiger partial charge in [-0.3, -0.25) is 5.10 Å². The second kappa shape index (κ2) is 5.22. The molecule has 0 aliphatic carbocycles. The second-order valence-corrected chi connectivity index (χ2v) is 4.61. The van der Waals surface area contributed by atoms with Crippen molar-refractivity contribution in [3.8, 4) is 22.6 Å². The Bertz CT molecular complexity index is 576. The van der Waals surface area contributed by atoms with Gasteiger partial charge in [-0.2, -0.15) is 5.10 Å². The molecule has 5 nitrogen and oxygen atoms in total. The largest absolute Gasteiger partial charge is 0.496 e. The molecule has 5 heteroatoms. The molecule has 102 valence electrons. The van der Waals surface area contributed by atoms with Crippen molar-refractivity contribution in [2.75, 3.05) is 20.0 Å². The lowest BCUT2D eigenvalue weighted by atomic mass is 9.95. The summed E-state index contributed by atoms with van der Waals surface area (Å²) in [4.78, 5) is 0. The zero-order chi connectivity index (χ0) is 14.0. The minimum Gasteiger partial charge on any atom is -0.496 e. The monoisotopic (exact) mass is 261 g/mol. The van der Waals surface area contributed by atoms with E-state index >= 15 is 0 Å². The molecule has 0 radical (unpaired) electrons. The Morgan fingerprint density at radius 1 is 1.16 bits per heavy atom. The summed E-state index contributed by atoms with van der Waals surface area (Å²) in [6, 6.07) is 3.87. The molecule has 1 aromatic heterocycles. The van der Waals surface area contributed by atoms with Crippen molar-refractivity contribution in [1.82, 2.24) is 10.2 Å². The molecule has 0 atom stereocenters. The molecule has 0 saturated carbocycles. The van der Waals surface area contributed by atoms with Gasteiger partial charge in [0.05, 0.1) is 20.4 Å². The lowest BCUT2D eigenvalue weighted by molar-refractivity contribution is 0.383. The number of H-pyrrole nitrogens is 1. The SMILES string of the molecule is COc1ccc(-c2cn[nH]c2N)c(OC)c1C(C)C. The summed E-state index contributed by atoms with van der Waals surface area (Å²) in [6.45, 7) is 4.20. The van der Waals surface area contributed by atoms with Gasteiger partial charge >= 0.3 is 0 Å². The fraction of sp³-hybridized carbons (Fsp3) is 0.357. The maximum atomic E-state index is 5.89. The van der Waals surface area contributed by atoms with Crippen molar-refractivity contribution >= 4 is 5.82 Å². The quantitative estimate of drug-likeness (QED) is 0.887. The van der Waals surface area contributed by atoms with Gasteiger partial charge in [-0.05, 0) is 18.1 Å². The predicted octanol–water partition coefficient (Wildman–Crippen LogP) is 2.80. The van der Waals surface area contributed by atoms with Crippen molar-refractivity contribution < 1.29 is 9.47 Å². The van der Waals surface area contributed by atoms with Crippen LogP contribution in [0.15, 0.2) is 18.3 Å². The molecule has 0 spiro atoms. The fourth-order valence-corrected chi connectivity index (χ4v) is 2.25. The number of nitrogens with one attached hydrogen (secondary N) is 1. The lowest BCUT2D eigenvalue weighted by Crippen LogP contribution is -2.01. The lowest BCUT2D eigenvalue weighted by Gasteiger charge is -2.19. The molecule has 0 fully saturated rings. The summed E-state index contributed by atoms with van der Waals surface area (Å²) in [6.07, 6.45) is 1.70. The summed E-state index contributed by atoms with van der Waals surface area (Å²) in [5.74, 6) is 2.40. The summed E-state index contributed by atoms with van der Waals surface area (Å²) < 4.78 is 11.0. The molecule has 0 aliphatic heterocycles. The number of anilines is 1. The summed E-state index contributed by atoms with van der Waals surface area (Å²) in [5, 5.41) is 6.69. The van der Waals surface area contributed by atoms with E-state index in [2.05, 4.69) is 24.0 Å². The van der Waals surface area contributed by atoms with Gasteiger partial charge in [0.1, 0.15) is 17.3 Å². The molecule has 1 aromatic carbocycles. The first-order valence-electron chi connectivity index (χ1n) is 6.14. The summed E-state index contributed by atoms with van der Waals surface area (Å²) in [7, 11) is 3.31. The van der Waals surface area contributed by atoms with Crippen LogP contribution in [0.25, 0.3) is 11.1 Å². The first-order chi connectivity index (χ1) is 9.10. The molecule has 19 heavy (non-hydrogen) atoms. The van der Waals surface area contributed by atoms with Crippen LogP contribution in [0.5, 0.6) is 11.5 Å². The smallest absolute Gasteiger partial charge is 0.134 e. The van der Waals surface area contributed by atoms with Crippen LogP contribution in [0.1, 0.15) is 25.3 Å². The van der Waals surface area contributed by atoms with Gasteiger partial charge in [0.25, 0.3) is 0 Å². The summed E-state index contributed by atoms with van der Waals surface area (Å²) in [5.41, 5.74) is 8.67. The predicted molar refractivity (Wildman–Crippen MR) is 75.6 cm³/mol. The van der Waals surface area contributed by atoms with E-state index in [-0.39, 0.29) is 5.92 Å². The van der Waals surface area contributed by atoms with Crippen molar-refractivity contribution in [2.24, 2.45) is 0 Å². The Kier molecular flexibility index (Phi) is 3.64. The zero-order valence-corrected chi connectivity index (χ0v) is 11.7. The van der Waals surface area contributed by atoms with Crippen LogP contribution in [0.3, 0.4) is 0 Å². The van der Waals surface area contributed by atoms with Crippen molar-refractivity contribution in [3.63, 3.8) is 0 Å². The van der Waals surface area contributed by atoms with E-state index in [0.717, 1.165) is 28.2 Å². The van der Waals surface area contributed by atoms with Crippen LogP contribution in [-0.4, -0.2) is 24.4 Å². The topological polar surface area (TPSA) is 73.2 Å². The number of hydrogen-bond acceptors (Lipinski definition) is 4. The van der Waals surface area contributed by atoms with Crippen LogP contribution >= 0.6 is 0 Å². The number of rotatable bonds is 4. The second-order valence-electron chi connectivity index (χ2n) is 4.61. The Morgan fingerprint density at radius 3 is 2.37 bits per heavy atom. The molecular weight excluding hydrogens is 242 g/mol. The van der Waals surface area contributed by atoms with Gasteiger partial charge in [-0.25, -0.2) is 0 Å². The van der Waals surface area contributed by atoms with Crippen LogP contribution in [0.4, 0.5) is 5.82 Å².